The Kier molecular flexibility index (Phi) is 5.40. The fraction of sp³-hybridized carbons (Fsp3) is 0.250. The summed E-state index contributed by atoms with van der Waals surface area (Å²) in [7, 11) is -4.63. The normalized spacial score (nSPS) is 15.0. The minimum Gasteiger partial charge on any atom is -0.320 e. The Hall–Kier alpha value is -0.500. The van der Waals surface area contributed by atoms with Crippen LogP contribution in [0.1, 0.15) is 18.7 Å². The summed E-state index contributed by atoms with van der Waals surface area (Å²) in [5.74, 6) is 0. The second-order valence-electron chi connectivity index (χ2n) is 4.36. The van der Waals surface area contributed by atoms with Gasteiger partial charge in [-0.05, 0) is 35.8 Å². The van der Waals surface area contributed by atoms with E-state index in [1.54, 1.807) is 38.4 Å². The second kappa shape index (κ2) is 6.73. The molecule has 2 unspecified atom stereocenters. The Morgan fingerprint density at radius 1 is 1.48 bits per heavy atom. The largest absolute Gasteiger partial charge is 0.375 e. The van der Waals surface area contributed by atoms with Crippen molar-refractivity contribution >= 4 is 50.8 Å². The van der Waals surface area contributed by atoms with Crippen LogP contribution in [0, 0.1) is 0 Å². The van der Waals surface area contributed by atoms with Gasteiger partial charge in [0.05, 0.1) is 33.4 Å². The summed E-state index contributed by atoms with van der Waals surface area (Å²) >= 11 is 8.44. The number of thiophene rings is 1. The summed E-state index contributed by atoms with van der Waals surface area (Å²) < 4.78 is 18.0. The Labute approximate surface area is 139 Å². The lowest BCUT2D eigenvalue weighted by Gasteiger charge is -2.13. The number of hydrogen-bond donors (Lipinski definition) is 1. The van der Waals surface area contributed by atoms with E-state index in [9.17, 15) is 9.46 Å². The maximum absolute atomic E-state index is 12.2. The highest BCUT2D eigenvalue weighted by atomic mass is 79.9. The number of nitrogens with zero attached hydrogens (tertiary/aromatic N) is 2. The first-order valence-electron chi connectivity index (χ1n) is 5.96. The van der Waals surface area contributed by atoms with Crippen LogP contribution in [-0.4, -0.2) is 25.6 Å². The fourth-order valence-corrected chi connectivity index (χ4v) is 5.34. The Morgan fingerprint density at radius 2 is 2.10 bits per heavy atom. The second-order valence-corrected chi connectivity index (χ2v) is 9.44. The lowest BCUT2D eigenvalue weighted by molar-refractivity contribution is 0.215. The van der Waals surface area contributed by atoms with E-state index in [0.29, 0.717) is 10.0 Å². The average molecular weight is 408 g/mol. The van der Waals surface area contributed by atoms with Gasteiger partial charge in [0.25, 0.3) is 0 Å². The maximum atomic E-state index is 12.2. The van der Waals surface area contributed by atoms with Gasteiger partial charge in [-0.2, -0.15) is 9.97 Å². The lowest BCUT2D eigenvalue weighted by Crippen LogP contribution is -2.07. The molecule has 21 heavy (non-hydrogen) atoms. The third-order valence-electron chi connectivity index (χ3n) is 2.31. The summed E-state index contributed by atoms with van der Waals surface area (Å²) in [6.45, 7) is 3.37. The van der Waals surface area contributed by atoms with Crippen molar-refractivity contribution in [2.45, 2.75) is 20.0 Å². The third kappa shape index (κ3) is 4.03. The number of hydrogen-bond acceptors (Lipinski definition) is 5. The summed E-state index contributed by atoms with van der Waals surface area (Å²) in [5, 5.41) is 2.41. The maximum Gasteiger partial charge on any atom is 0.375 e. The van der Waals surface area contributed by atoms with Crippen LogP contribution < -0.4 is 0 Å². The van der Waals surface area contributed by atoms with Crippen LogP contribution in [-0.2, 0) is 9.09 Å². The molecular formula is C12H13BrN2O3PS2+. The van der Waals surface area contributed by atoms with E-state index in [4.69, 9.17) is 16.7 Å². The molecule has 2 aromatic rings. The zero-order chi connectivity index (χ0) is 15.6. The summed E-state index contributed by atoms with van der Waals surface area (Å²) in [4.78, 5) is 19.0. The van der Waals surface area contributed by atoms with Gasteiger partial charge in [0.1, 0.15) is 5.38 Å². The Morgan fingerprint density at radius 3 is 2.67 bits per heavy atom. The van der Waals surface area contributed by atoms with Crippen molar-refractivity contribution in [2.24, 2.45) is 0 Å². The SMILES string of the molecule is CC(C)OP(=O)(O)C(=S)c1ccc[s+]1-c1ncc(Br)cn1. The number of thiocarbonyl (C=S) groups is 1. The van der Waals surface area contributed by atoms with Crippen molar-refractivity contribution < 1.29 is 14.0 Å². The average Bonchev–Trinajstić information content (AvgIpc) is 2.86. The van der Waals surface area contributed by atoms with Crippen LogP contribution in [0.25, 0.3) is 5.16 Å². The fourth-order valence-electron chi connectivity index (χ4n) is 1.56. The molecule has 0 radical (unpaired) electrons. The third-order valence-corrected chi connectivity index (χ3v) is 7.22. The highest BCUT2D eigenvalue weighted by molar-refractivity contribution is 9.10. The molecule has 2 atom stereocenters. The van der Waals surface area contributed by atoms with Crippen LogP contribution in [0.2, 0.25) is 0 Å². The van der Waals surface area contributed by atoms with Crippen LogP contribution >= 0.6 is 46.2 Å². The molecule has 0 aliphatic carbocycles. The summed E-state index contributed by atoms with van der Waals surface area (Å²) in [6, 6.07) is 3.49. The molecule has 2 heterocycles. The van der Waals surface area contributed by atoms with E-state index >= 15 is 0 Å². The smallest absolute Gasteiger partial charge is 0.320 e. The Balaban J connectivity index is 2.39. The van der Waals surface area contributed by atoms with Crippen molar-refractivity contribution in [2.75, 3.05) is 0 Å². The molecule has 112 valence electrons. The van der Waals surface area contributed by atoms with Gasteiger partial charge < -0.3 is 9.42 Å². The van der Waals surface area contributed by atoms with Crippen molar-refractivity contribution in [1.82, 2.24) is 9.97 Å². The van der Waals surface area contributed by atoms with Gasteiger partial charge in [-0.1, -0.05) is 12.2 Å². The van der Waals surface area contributed by atoms with Crippen LogP contribution in [0.5, 0.6) is 0 Å². The first-order chi connectivity index (χ1) is 9.81. The summed E-state index contributed by atoms with van der Waals surface area (Å²) in [5.41, 5.74) is 0. The Bertz CT molecular complexity index is 703. The van der Waals surface area contributed by atoms with E-state index in [1.165, 1.54) is 0 Å². The topological polar surface area (TPSA) is 72.3 Å². The van der Waals surface area contributed by atoms with E-state index in [0.717, 1.165) is 4.47 Å². The van der Waals surface area contributed by atoms with Crippen molar-refractivity contribution in [3.8, 4) is 5.16 Å². The van der Waals surface area contributed by atoms with Crippen LogP contribution in [0.4, 0.5) is 0 Å². The predicted molar refractivity (Wildman–Crippen MR) is 91.3 cm³/mol. The van der Waals surface area contributed by atoms with Crippen molar-refractivity contribution in [1.29, 1.82) is 0 Å². The molecule has 1 N–H and O–H groups in total. The van der Waals surface area contributed by atoms with E-state index in [2.05, 4.69) is 25.9 Å². The number of halogens is 1. The van der Waals surface area contributed by atoms with Gasteiger partial charge in [-0.15, -0.1) is 0 Å². The minimum absolute atomic E-state index is 0.0731. The lowest BCUT2D eigenvalue weighted by atomic mass is 10.5. The van der Waals surface area contributed by atoms with Gasteiger partial charge >= 0.3 is 12.8 Å². The number of aromatic nitrogens is 2. The zero-order valence-electron chi connectivity index (χ0n) is 11.3. The molecule has 0 fully saturated rings. The van der Waals surface area contributed by atoms with Gasteiger partial charge in [-0.3, -0.25) is 4.57 Å². The van der Waals surface area contributed by atoms with E-state index in [-0.39, 0.29) is 10.7 Å². The molecule has 5 nitrogen and oxygen atoms in total. The van der Waals surface area contributed by atoms with Crippen molar-refractivity contribution in [3.05, 3.63) is 39.3 Å². The molecule has 0 aliphatic rings. The minimum atomic E-state index is -3.99. The standard InChI is InChI=1S/C12H12BrN2O3PS2/c1-8(2)18-19(16,17)11(20)10-4-3-5-21(10)12-14-6-9(13)7-15-12/h3-8H,1-2H3/p+1. The van der Waals surface area contributed by atoms with Gasteiger partial charge in [0.15, 0.2) is 4.61 Å². The molecule has 9 heteroatoms. The van der Waals surface area contributed by atoms with Gasteiger partial charge in [0, 0.05) is 6.07 Å². The molecule has 0 amide bonds. The first-order valence-corrected chi connectivity index (χ1v) is 10.0. The van der Waals surface area contributed by atoms with Crippen LogP contribution in [0.15, 0.2) is 34.4 Å². The van der Waals surface area contributed by atoms with E-state index in [1.807, 2.05) is 5.38 Å². The van der Waals surface area contributed by atoms with Gasteiger partial charge in [-0.25, -0.2) is 0 Å². The summed E-state index contributed by atoms with van der Waals surface area (Å²) in [6.07, 6.45) is 2.87. The molecule has 0 aromatic carbocycles. The highest BCUT2D eigenvalue weighted by Gasteiger charge is 2.36. The molecule has 2 aromatic heterocycles. The monoisotopic (exact) mass is 407 g/mol. The molecule has 0 bridgehead atoms. The highest BCUT2D eigenvalue weighted by Crippen LogP contribution is 2.50. The molecule has 0 spiro atoms. The number of rotatable bonds is 5. The van der Waals surface area contributed by atoms with Crippen molar-refractivity contribution in [3.63, 3.8) is 0 Å². The predicted octanol–water partition coefficient (Wildman–Crippen LogP) is 4.26. The molecule has 2 rings (SSSR count). The molecule has 0 aliphatic heterocycles. The quantitative estimate of drug-likeness (QED) is 0.453. The van der Waals surface area contributed by atoms with Gasteiger partial charge in [0.2, 0.25) is 4.88 Å². The van der Waals surface area contributed by atoms with E-state index < -0.39 is 18.1 Å². The zero-order valence-corrected chi connectivity index (χ0v) is 15.4. The molecule has 0 saturated carbocycles. The van der Waals surface area contributed by atoms with Crippen LogP contribution in [0.3, 0.4) is 0 Å². The molecule has 0 saturated heterocycles. The first kappa shape index (κ1) is 16.9. The molecular weight excluding hydrogens is 395 g/mol.